The Morgan fingerprint density at radius 3 is 2.56 bits per heavy atom. The summed E-state index contributed by atoms with van der Waals surface area (Å²) in [6.45, 7) is 2.88. The third-order valence-electron chi connectivity index (χ3n) is 3.09. The first kappa shape index (κ1) is 13.7. The fourth-order valence-corrected chi connectivity index (χ4v) is 4.90. The first-order chi connectivity index (χ1) is 8.43. The first-order valence-corrected chi connectivity index (χ1v) is 7.97. The van der Waals surface area contributed by atoms with Crippen LogP contribution in [0.3, 0.4) is 0 Å². The van der Waals surface area contributed by atoms with Gasteiger partial charge in [-0.3, -0.25) is 0 Å². The predicted molar refractivity (Wildman–Crippen MR) is 70.1 cm³/mol. The van der Waals surface area contributed by atoms with Crippen LogP contribution < -0.4 is 5.73 Å². The van der Waals surface area contributed by atoms with E-state index in [2.05, 4.69) is 4.98 Å². The zero-order valence-electron chi connectivity index (χ0n) is 10.4. The average molecular weight is 291 g/mol. The molecular formula is C10H17N3O3S2. The number of nitrogens with two attached hydrogens (primary N) is 1. The van der Waals surface area contributed by atoms with Crippen LogP contribution in [0, 0.1) is 6.92 Å². The molecule has 1 aliphatic rings. The first-order valence-electron chi connectivity index (χ1n) is 5.71. The second-order valence-corrected chi connectivity index (χ2v) is 7.51. The van der Waals surface area contributed by atoms with Crippen LogP contribution in [-0.4, -0.2) is 44.0 Å². The molecule has 0 spiro atoms. The predicted octanol–water partition coefficient (Wildman–Crippen LogP) is 0.833. The van der Waals surface area contributed by atoms with Gasteiger partial charge in [0.2, 0.25) is 0 Å². The molecule has 1 saturated heterocycles. The molecule has 0 amide bonds. The number of nitrogens with zero attached hydrogens (tertiary/aromatic N) is 2. The quantitative estimate of drug-likeness (QED) is 0.891. The Labute approximate surface area is 111 Å². The molecule has 0 aliphatic carbocycles. The van der Waals surface area contributed by atoms with Gasteiger partial charge in [-0.1, -0.05) is 11.3 Å². The lowest BCUT2D eigenvalue weighted by molar-refractivity contribution is 0.0632. The van der Waals surface area contributed by atoms with Crippen molar-refractivity contribution < 1.29 is 13.2 Å². The second kappa shape index (κ2) is 5.12. The molecule has 0 saturated carbocycles. The van der Waals surface area contributed by atoms with Gasteiger partial charge in [-0.15, -0.1) is 0 Å². The van der Waals surface area contributed by atoms with E-state index in [9.17, 15) is 8.42 Å². The summed E-state index contributed by atoms with van der Waals surface area (Å²) < 4.78 is 31.8. The molecule has 0 atom stereocenters. The Morgan fingerprint density at radius 2 is 2.06 bits per heavy atom. The van der Waals surface area contributed by atoms with Crippen LogP contribution >= 0.6 is 11.3 Å². The summed E-state index contributed by atoms with van der Waals surface area (Å²) >= 11 is 1.02. The zero-order chi connectivity index (χ0) is 13.3. The van der Waals surface area contributed by atoms with Gasteiger partial charge in [0.05, 0.1) is 5.69 Å². The maximum absolute atomic E-state index is 12.5. The standard InChI is InChI=1S/C10H17N3O3S2/c1-7-9(17-10(11)12-7)18(14,15)13(2)8-3-5-16-6-4-8/h8H,3-6H2,1-2H3,(H2,11,12). The number of hydrogen-bond donors (Lipinski definition) is 1. The lowest BCUT2D eigenvalue weighted by Crippen LogP contribution is -2.40. The zero-order valence-corrected chi connectivity index (χ0v) is 12.1. The minimum absolute atomic E-state index is 0.00789. The van der Waals surface area contributed by atoms with Gasteiger partial charge in [-0.2, -0.15) is 4.31 Å². The van der Waals surface area contributed by atoms with Crippen LogP contribution in [-0.2, 0) is 14.8 Å². The van der Waals surface area contributed by atoms with Gasteiger partial charge < -0.3 is 10.5 Å². The molecule has 1 fully saturated rings. The highest BCUT2D eigenvalue weighted by Gasteiger charge is 2.32. The average Bonchev–Trinajstić information content (AvgIpc) is 2.69. The second-order valence-electron chi connectivity index (χ2n) is 4.29. The molecule has 8 heteroatoms. The van der Waals surface area contributed by atoms with Gasteiger partial charge in [-0.25, -0.2) is 13.4 Å². The number of anilines is 1. The number of rotatable bonds is 3. The number of hydrogen-bond acceptors (Lipinski definition) is 6. The third kappa shape index (κ3) is 2.51. The Kier molecular flexibility index (Phi) is 3.90. The number of aromatic nitrogens is 1. The monoisotopic (exact) mass is 291 g/mol. The van der Waals surface area contributed by atoms with Crippen LogP contribution in [0.5, 0.6) is 0 Å². The largest absolute Gasteiger partial charge is 0.381 e. The fraction of sp³-hybridized carbons (Fsp3) is 0.700. The topological polar surface area (TPSA) is 85.5 Å². The van der Waals surface area contributed by atoms with Crippen molar-refractivity contribution in [3.63, 3.8) is 0 Å². The van der Waals surface area contributed by atoms with Gasteiger partial charge in [0.15, 0.2) is 9.34 Å². The van der Waals surface area contributed by atoms with Crippen molar-refractivity contribution in [3.8, 4) is 0 Å². The number of thiazole rings is 1. The summed E-state index contributed by atoms with van der Waals surface area (Å²) in [5.41, 5.74) is 6.03. The van der Waals surface area contributed by atoms with Crippen molar-refractivity contribution in [3.05, 3.63) is 5.69 Å². The molecule has 6 nitrogen and oxygen atoms in total. The number of sulfonamides is 1. The van der Waals surface area contributed by atoms with E-state index in [1.165, 1.54) is 4.31 Å². The Balaban J connectivity index is 2.27. The maximum Gasteiger partial charge on any atom is 0.254 e. The molecule has 0 bridgehead atoms. The minimum Gasteiger partial charge on any atom is -0.381 e. The van der Waals surface area contributed by atoms with Crippen molar-refractivity contribution in [2.45, 2.75) is 30.0 Å². The van der Waals surface area contributed by atoms with Crippen molar-refractivity contribution in [1.29, 1.82) is 0 Å². The molecule has 0 radical (unpaired) electrons. The van der Waals surface area contributed by atoms with Crippen LogP contribution in [0.15, 0.2) is 4.21 Å². The lowest BCUT2D eigenvalue weighted by atomic mass is 10.1. The number of ether oxygens (including phenoxy) is 1. The third-order valence-corrected chi connectivity index (χ3v) is 6.57. The summed E-state index contributed by atoms with van der Waals surface area (Å²) in [5.74, 6) is 0. The molecular weight excluding hydrogens is 274 g/mol. The smallest absolute Gasteiger partial charge is 0.254 e. The van der Waals surface area contributed by atoms with E-state index < -0.39 is 10.0 Å². The van der Waals surface area contributed by atoms with Gasteiger partial charge >= 0.3 is 0 Å². The highest BCUT2D eigenvalue weighted by Crippen LogP contribution is 2.29. The molecule has 0 unspecified atom stereocenters. The summed E-state index contributed by atoms with van der Waals surface area (Å²) in [5, 5.41) is 0.284. The molecule has 1 aromatic heterocycles. The van der Waals surface area contributed by atoms with E-state index in [0.717, 1.165) is 24.2 Å². The molecule has 18 heavy (non-hydrogen) atoms. The molecule has 1 aromatic rings. The van der Waals surface area contributed by atoms with Crippen LogP contribution in [0.2, 0.25) is 0 Å². The summed E-state index contributed by atoms with van der Waals surface area (Å²) in [4.78, 5) is 3.97. The molecule has 2 N–H and O–H groups in total. The van der Waals surface area contributed by atoms with Crippen molar-refractivity contribution in [2.75, 3.05) is 26.0 Å². The van der Waals surface area contributed by atoms with E-state index in [4.69, 9.17) is 10.5 Å². The van der Waals surface area contributed by atoms with Crippen LogP contribution in [0.4, 0.5) is 5.13 Å². The Bertz CT molecular complexity index is 520. The van der Waals surface area contributed by atoms with Crippen LogP contribution in [0.1, 0.15) is 18.5 Å². The summed E-state index contributed by atoms with van der Waals surface area (Å²) in [6, 6.07) is -0.00789. The Hall–Kier alpha value is -0.700. The van der Waals surface area contributed by atoms with Gasteiger partial charge in [-0.05, 0) is 19.8 Å². The van der Waals surface area contributed by atoms with Gasteiger partial charge in [0, 0.05) is 26.3 Å². The molecule has 102 valence electrons. The number of aryl methyl sites for hydroxylation is 1. The van der Waals surface area contributed by atoms with Gasteiger partial charge in [0.25, 0.3) is 10.0 Å². The SMILES string of the molecule is Cc1nc(N)sc1S(=O)(=O)N(C)C1CCOCC1. The molecule has 1 aliphatic heterocycles. The Morgan fingerprint density at radius 1 is 1.44 bits per heavy atom. The highest BCUT2D eigenvalue weighted by atomic mass is 32.2. The highest BCUT2D eigenvalue weighted by molar-refractivity contribution is 7.91. The van der Waals surface area contributed by atoms with E-state index in [1.54, 1.807) is 14.0 Å². The molecule has 2 heterocycles. The van der Waals surface area contributed by atoms with E-state index in [0.29, 0.717) is 18.9 Å². The van der Waals surface area contributed by atoms with E-state index in [1.807, 2.05) is 0 Å². The van der Waals surface area contributed by atoms with E-state index in [-0.39, 0.29) is 15.4 Å². The number of nitrogen functional groups attached to an aromatic ring is 1. The summed E-state index contributed by atoms with van der Waals surface area (Å²) in [6.07, 6.45) is 1.45. The van der Waals surface area contributed by atoms with Crippen molar-refractivity contribution in [1.82, 2.24) is 9.29 Å². The van der Waals surface area contributed by atoms with Gasteiger partial charge in [0.1, 0.15) is 0 Å². The normalized spacial score (nSPS) is 18.4. The lowest BCUT2D eigenvalue weighted by Gasteiger charge is -2.30. The molecule has 2 rings (SSSR count). The minimum atomic E-state index is -3.49. The van der Waals surface area contributed by atoms with Crippen molar-refractivity contribution in [2.24, 2.45) is 0 Å². The van der Waals surface area contributed by atoms with Crippen LogP contribution in [0.25, 0.3) is 0 Å². The maximum atomic E-state index is 12.5. The van der Waals surface area contributed by atoms with E-state index >= 15 is 0 Å². The summed E-state index contributed by atoms with van der Waals surface area (Å²) in [7, 11) is -1.88. The fourth-order valence-electron chi connectivity index (χ4n) is 2.02. The molecule has 0 aromatic carbocycles. The van der Waals surface area contributed by atoms with Crippen molar-refractivity contribution >= 4 is 26.5 Å².